The molecule has 0 spiro atoms. The van der Waals surface area contributed by atoms with Gasteiger partial charge in [-0.15, -0.1) is 0 Å². The van der Waals surface area contributed by atoms with E-state index in [0.29, 0.717) is 24.0 Å². The molecule has 0 aliphatic carbocycles. The van der Waals surface area contributed by atoms with Gasteiger partial charge in [0.15, 0.2) is 6.61 Å². The Morgan fingerprint density at radius 3 is 2.78 bits per heavy atom. The first-order valence-electron chi connectivity index (χ1n) is 6.26. The summed E-state index contributed by atoms with van der Waals surface area (Å²) in [5.41, 5.74) is 6.21. The van der Waals surface area contributed by atoms with Crippen LogP contribution in [-0.4, -0.2) is 19.2 Å². The normalized spacial score (nSPS) is 11.9. The SMILES string of the molecule is CCCC(C)COC(=O)COc1ccccc1N. The third kappa shape index (κ3) is 5.08. The predicted molar refractivity (Wildman–Crippen MR) is 71.4 cm³/mol. The number of anilines is 1. The molecule has 100 valence electrons. The van der Waals surface area contributed by atoms with Crippen molar-refractivity contribution in [1.29, 1.82) is 0 Å². The highest BCUT2D eigenvalue weighted by Crippen LogP contribution is 2.19. The van der Waals surface area contributed by atoms with Gasteiger partial charge in [-0.05, 0) is 24.5 Å². The molecule has 1 unspecified atom stereocenters. The van der Waals surface area contributed by atoms with Gasteiger partial charge in [0.1, 0.15) is 5.75 Å². The van der Waals surface area contributed by atoms with Gasteiger partial charge in [-0.3, -0.25) is 0 Å². The molecule has 18 heavy (non-hydrogen) atoms. The minimum atomic E-state index is -0.360. The van der Waals surface area contributed by atoms with Gasteiger partial charge in [0.05, 0.1) is 12.3 Å². The van der Waals surface area contributed by atoms with Crippen molar-refractivity contribution in [1.82, 2.24) is 0 Å². The average Bonchev–Trinajstić information content (AvgIpc) is 2.36. The fraction of sp³-hybridized carbons (Fsp3) is 0.500. The van der Waals surface area contributed by atoms with E-state index >= 15 is 0 Å². The molecule has 0 fully saturated rings. The van der Waals surface area contributed by atoms with E-state index in [0.717, 1.165) is 12.8 Å². The zero-order valence-corrected chi connectivity index (χ0v) is 11.0. The monoisotopic (exact) mass is 251 g/mol. The topological polar surface area (TPSA) is 61.5 Å². The Morgan fingerprint density at radius 2 is 2.11 bits per heavy atom. The number of nitrogen functional groups attached to an aromatic ring is 1. The van der Waals surface area contributed by atoms with Crippen LogP contribution in [0.3, 0.4) is 0 Å². The van der Waals surface area contributed by atoms with Crippen molar-refractivity contribution < 1.29 is 14.3 Å². The molecule has 1 aromatic carbocycles. The second-order valence-corrected chi connectivity index (χ2v) is 4.40. The van der Waals surface area contributed by atoms with E-state index in [-0.39, 0.29) is 12.6 Å². The van der Waals surface area contributed by atoms with Crippen LogP contribution < -0.4 is 10.5 Å². The molecule has 0 amide bonds. The minimum Gasteiger partial charge on any atom is -0.480 e. The first-order chi connectivity index (χ1) is 8.63. The average molecular weight is 251 g/mol. The molecule has 1 atom stereocenters. The summed E-state index contributed by atoms with van der Waals surface area (Å²) in [5, 5.41) is 0. The summed E-state index contributed by atoms with van der Waals surface area (Å²) < 4.78 is 10.4. The summed E-state index contributed by atoms with van der Waals surface area (Å²) in [7, 11) is 0. The highest BCUT2D eigenvalue weighted by molar-refractivity contribution is 5.71. The van der Waals surface area contributed by atoms with E-state index in [1.807, 2.05) is 6.07 Å². The summed E-state index contributed by atoms with van der Waals surface area (Å²) in [4.78, 5) is 11.4. The van der Waals surface area contributed by atoms with Crippen LogP contribution in [0.2, 0.25) is 0 Å². The third-order valence-electron chi connectivity index (χ3n) is 2.57. The van der Waals surface area contributed by atoms with Crippen LogP contribution in [-0.2, 0) is 9.53 Å². The van der Waals surface area contributed by atoms with Gasteiger partial charge >= 0.3 is 5.97 Å². The number of esters is 1. The van der Waals surface area contributed by atoms with Crippen molar-refractivity contribution >= 4 is 11.7 Å². The van der Waals surface area contributed by atoms with Gasteiger partial charge in [0.25, 0.3) is 0 Å². The first kappa shape index (κ1) is 14.4. The summed E-state index contributed by atoms with van der Waals surface area (Å²) >= 11 is 0. The first-order valence-corrected chi connectivity index (χ1v) is 6.26. The van der Waals surface area contributed by atoms with E-state index in [2.05, 4.69) is 13.8 Å². The standard InChI is InChI=1S/C14H21NO3/c1-3-6-11(2)9-18-14(16)10-17-13-8-5-4-7-12(13)15/h4-5,7-8,11H,3,6,9-10,15H2,1-2H3. The molecule has 0 radical (unpaired) electrons. The van der Waals surface area contributed by atoms with Gasteiger partial charge in [-0.25, -0.2) is 4.79 Å². The number of rotatable bonds is 7. The summed E-state index contributed by atoms with van der Waals surface area (Å²) in [5.74, 6) is 0.540. The van der Waals surface area contributed by atoms with E-state index in [1.54, 1.807) is 18.2 Å². The summed E-state index contributed by atoms with van der Waals surface area (Å²) in [6.45, 7) is 4.51. The summed E-state index contributed by atoms with van der Waals surface area (Å²) in [6.07, 6.45) is 2.15. The number of hydrogen-bond acceptors (Lipinski definition) is 4. The largest absolute Gasteiger partial charge is 0.480 e. The van der Waals surface area contributed by atoms with Crippen molar-refractivity contribution in [2.45, 2.75) is 26.7 Å². The predicted octanol–water partition coefficient (Wildman–Crippen LogP) is 2.63. The second-order valence-electron chi connectivity index (χ2n) is 4.40. The zero-order valence-electron chi connectivity index (χ0n) is 11.0. The van der Waals surface area contributed by atoms with Crippen LogP contribution >= 0.6 is 0 Å². The van der Waals surface area contributed by atoms with Crippen LogP contribution in [0, 0.1) is 5.92 Å². The van der Waals surface area contributed by atoms with Crippen LogP contribution in [0.25, 0.3) is 0 Å². The maximum absolute atomic E-state index is 11.4. The number of hydrogen-bond donors (Lipinski definition) is 1. The van der Waals surface area contributed by atoms with Gasteiger partial charge < -0.3 is 15.2 Å². The van der Waals surface area contributed by atoms with E-state index in [9.17, 15) is 4.79 Å². The Bertz CT molecular complexity index is 379. The van der Waals surface area contributed by atoms with Crippen LogP contribution in [0.5, 0.6) is 5.75 Å². The molecule has 0 saturated heterocycles. The molecule has 1 aromatic rings. The Morgan fingerprint density at radius 1 is 1.39 bits per heavy atom. The van der Waals surface area contributed by atoms with Gasteiger partial charge in [0.2, 0.25) is 0 Å². The van der Waals surface area contributed by atoms with Crippen LogP contribution in [0.15, 0.2) is 24.3 Å². The molecule has 0 heterocycles. The van der Waals surface area contributed by atoms with Crippen molar-refractivity contribution in [3.05, 3.63) is 24.3 Å². The lowest BCUT2D eigenvalue weighted by Crippen LogP contribution is -2.18. The molecule has 0 aliphatic rings. The van der Waals surface area contributed by atoms with E-state index in [4.69, 9.17) is 15.2 Å². The molecule has 0 aromatic heterocycles. The van der Waals surface area contributed by atoms with Crippen molar-refractivity contribution in [2.24, 2.45) is 5.92 Å². The summed E-state index contributed by atoms with van der Waals surface area (Å²) in [6, 6.07) is 7.07. The molecule has 1 rings (SSSR count). The molecule has 4 nitrogen and oxygen atoms in total. The number of ether oxygens (including phenoxy) is 2. The Kier molecular flexibility index (Phi) is 6.05. The maximum Gasteiger partial charge on any atom is 0.344 e. The lowest BCUT2D eigenvalue weighted by Gasteiger charge is -2.12. The molecule has 4 heteroatoms. The molecule has 0 bridgehead atoms. The fourth-order valence-corrected chi connectivity index (χ4v) is 1.60. The van der Waals surface area contributed by atoms with Gasteiger partial charge in [-0.2, -0.15) is 0 Å². The molecular weight excluding hydrogens is 230 g/mol. The highest BCUT2D eigenvalue weighted by Gasteiger charge is 2.08. The van der Waals surface area contributed by atoms with Crippen molar-refractivity contribution in [3.8, 4) is 5.75 Å². The minimum absolute atomic E-state index is 0.104. The third-order valence-corrected chi connectivity index (χ3v) is 2.57. The maximum atomic E-state index is 11.4. The van der Waals surface area contributed by atoms with E-state index < -0.39 is 0 Å². The Hall–Kier alpha value is -1.71. The highest BCUT2D eigenvalue weighted by atomic mass is 16.6. The number of carbonyl (C=O) groups is 1. The lowest BCUT2D eigenvalue weighted by molar-refractivity contribution is -0.147. The zero-order chi connectivity index (χ0) is 13.4. The van der Waals surface area contributed by atoms with Gasteiger partial charge in [0, 0.05) is 0 Å². The molecule has 2 N–H and O–H groups in total. The number of carbonyl (C=O) groups excluding carboxylic acids is 1. The van der Waals surface area contributed by atoms with Crippen molar-refractivity contribution in [2.75, 3.05) is 18.9 Å². The number of nitrogens with two attached hydrogens (primary N) is 1. The number of para-hydroxylation sites is 2. The molecular formula is C14H21NO3. The van der Waals surface area contributed by atoms with E-state index in [1.165, 1.54) is 0 Å². The van der Waals surface area contributed by atoms with Crippen molar-refractivity contribution in [3.63, 3.8) is 0 Å². The second kappa shape index (κ2) is 7.58. The molecule has 0 saturated carbocycles. The van der Waals surface area contributed by atoms with Crippen LogP contribution in [0.4, 0.5) is 5.69 Å². The quantitative estimate of drug-likeness (QED) is 0.597. The smallest absolute Gasteiger partial charge is 0.344 e. The Balaban J connectivity index is 2.27. The lowest BCUT2D eigenvalue weighted by atomic mass is 10.1. The fourth-order valence-electron chi connectivity index (χ4n) is 1.60. The number of benzene rings is 1. The Labute approximate surface area is 108 Å². The molecule has 0 aliphatic heterocycles. The van der Waals surface area contributed by atoms with Gasteiger partial charge in [-0.1, -0.05) is 32.4 Å². The van der Waals surface area contributed by atoms with Crippen LogP contribution in [0.1, 0.15) is 26.7 Å².